The van der Waals surface area contributed by atoms with Crippen LogP contribution in [0.25, 0.3) is 0 Å². The average molecular weight is 666 g/mol. The highest BCUT2D eigenvalue weighted by Crippen LogP contribution is 2.28. The Morgan fingerprint density at radius 2 is 1.52 bits per heavy atom. The lowest BCUT2D eigenvalue weighted by molar-refractivity contribution is -0.140. The van der Waals surface area contributed by atoms with Crippen LogP contribution in [0.4, 0.5) is 10.1 Å². The molecule has 11 heteroatoms. The largest absolute Gasteiger partial charge is 0.494 e. The Hall–Kier alpha value is -4.41. The van der Waals surface area contributed by atoms with E-state index in [1.165, 1.54) is 53.4 Å². The van der Waals surface area contributed by atoms with E-state index in [-0.39, 0.29) is 29.5 Å². The van der Waals surface area contributed by atoms with Gasteiger partial charge in [-0.1, -0.05) is 61.0 Å². The van der Waals surface area contributed by atoms with Crippen molar-refractivity contribution in [3.05, 3.63) is 125 Å². The van der Waals surface area contributed by atoms with E-state index in [0.717, 1.165) is 9.87 Å². The highest BCUT2D eigenvalue weighted by Gasteiger charge is 2.34. The highest BCUT2D eigenvalue weighted by molar-refractivity contribution is 7.92. The first kappa shape index (κ1) is 34.5. The summed E-state index contributed by atoms with van der Waals surface area (Å²) in [5.74, 6) is -0.911. The van der Waals surface area contributed by atoms with Crippen LogP contribution < -0.4 is 14.4 Å². The molecule has 0 radical (unpaired) electrons. The average Bonchev–Trinajstić information content (AvgIpc) is 3.06. The number of hydrogen-bond acceptors (Lipinski definition) is 5. The summed E-state index contributed by atoms with van der Waals surface area (Å²) >= 11 is 6.04. The van der Waals surface area contributed by atoms with Crippen molar-refractivity contribution >= 4 is 39.1 Å². The number of carbonyl (C=O) groups is 2. The SMILES string of the molecule is CCCNC(=O)[C@H](Cc1ccccc1)N(Cc1ccc(F)cc1)C(=O)CN(c1ccc(OCC)cc1)S(=O)(=O)c1ccc(Cl)cc1. The Morgan fingerprint density at radius 1 is 0.870 bits per heavy atom. The molecule has 0 bridgehead atoms. The Morgan fingerprint density at radius 3 is 2.13 bits per heavy atom. The fourth-order valence-corrected chi connectivity index (χ4v) is 6.38. The van der Waals surface area contributed by atoms with Crippen molar-refractivity contribution in [2.45, 2.75) is 44.2 Å². The van der Waals surface area contributed by atoms with Crippen LogP contribution in [0.1, 0.15) is 31.4 Å². The molecule has 4 aromatic rings. The topological polar surface area (TPSA) is 96.0 Å². The van der Waals surface area contributed by atoms with E-state index in [1.54, 1.807) is 24.3 Å². The Bertz CT molecular complexity index is 1690. The molecule has 0 saturated heterocycles. The van der Waals surface area contributed by atoms with E-state index < -0.39 is 34.3 Å². The number of halogens is 2. The van der Waals surface area contributed by atoms with E-state index in [0.29, 0.717) is 35.9 Å². The van der Waals surface area contributed by atoms with Gasteiger partial charge >= 0.3 is 0 Å². The fourth-order valence-electron chi connectivity index (χ4n) is 4.84. The molecule has 0 aliphatic rings. The van der Waals surface area contributed by atoms with Crippen LogP contribution in [-0.2, 0) is 32.6 Å². The minimum Gasteiger partial charge on any atom is -0.494 e. The van der Waals surface area contributed by atoms with E-state index in [9.17, 15) is 22.4 Å². The zero-order valence-electron chi connectivity index (χ0n) is 25.7. The molecule has 1 atom stereocenters. The number of benzene rings is 4. The molecular weight excluding hydrogens is 629 g/mol. The van der Waals surface area contributed by atoms with Crippen molar-refractivity contribution in [1.29, 1.82) is 0 Å². The van der Waals surface area contributed by atoms with E-state index in [1.807, 2.05) is 44.2 Å². The first-order valence-corrected chi connectivity index (χ1v) is 16.8. The second-order valence-electron chi connectivity index (χ2n) is 10.5. The van der Waals surface area contributed by atoms with Gasteiger partial charge in [-0.15, -0.1) is 0 Å². The number of ether oxygens (including phenoxy) is 1. The smallest absolute Gasteiger partial charge is 0.264 e. The van der Waals surface area contributed by atoms with Crippen molar-refractivity contribution in [3.63, 3.8) is 0 Å². The number of amides is 2. The van der Waals surface area contributed by atoms with Gasteiger partial charge in [-0.3, -0.25) is 13.9 Å². The molecule has 0 unspecified atom stereocenters. The van der Waals surface area contributed by atoms with Crippen LogP contribution in [0.15, 0.2) is 108 Å². The molecule has 0 fully saturated rings. The fraction of sp³-hybridized carbons (Fsp3) is 0.257. The first-order valence-electron chi connectivity index (χ1n) is 15.0. The summed E-state index contributed by atoms with van der Waals surface area (Å²) in [6.45, 7) is 3.89. The van der Waals surface area contributed by atoms with Crippen molar-refractivity contribution in [3.8, 4) is 5.75 Å². The van der Waals surface area contributed by atoms with E-state index >= 15 is 0 Å². The maximum Gasteiger partial charge on any atom is 0.264 e. The standard InChI is InChI=1S/C35H37ClFN3O5S/c1-3-22-38-35(42)33(23-26-8-6-5-7-9-26)39(24-27-10-14-29(37)15-11-27)34(41)25-40(30-16-18-31(19-17-30)45-4-2)46(43,44)32-20-12-28(36)13-21-32/h5-21,33H,3-4,22-25H2,1-2H3,(H,38,42)/t33-/m0/s1. The minimum atomic E-state index is -4.29. The summed E-state index contributed by atoms with van der Waals surface area (Å²) in [5, 5.41) is 3.25. The summed E-state index contributed by atoms with van der Waals surface area (Å²) in [6.07, 6.45) is 0.858. The molecule has 242 valence electrons. The molecule has 0 aliphatic carbocycles. The van der Waals surface area contributed by atoms with Crippen LogP contribution in [0.5, 0.6) is 5.75 Å². The van der Waals surface area contributed by atoms with Gasteiger partial charge < -0.3 is 15.0 Å². The molecule has 4 aromatic carbocycles. The van der Waals surface area contributed by atoms with Gasteiger partial charge in [-0.2, -0.15) is 0 Å². The van der Waals surface area contributed by atoms with Crippen LogP contribution in [-0.4, -0.2) is 50.9 Å². The number of hydrogen-bond donors (Lipinski definition) is 1. The molecule has 46 heavy (non-hydrogen) atoms. The Kier molecular flexibility index (Phi) is 12.2. The van der Waals surface area contributed by atoms with Crippen molar-refractivity contribution < 1.29 is 27.1 Å². The summed E-state index contributed by atoms with van der Waals surface area (Å²) in [5.41, 5.74) is 1.61. The van der Waals surface area contributed by atoms with Gasteiger partial charge in [-0.05, 0) is 85.1 Å². The molecule has 1 N–H and O–H groups in total. The third-order valence-electron chi connectivity index (χ3n) is 7.20. The quantitative estimate of drug-likeness (QED) is 0.162. The van der Waals surface area contributed by atoms with Crippen molar-refractivity contribution in [2.75, 3.05) is 24.0 Å². The molecule has 0 aromatic heterocycles. The lowest BCUT2D eigenvalue weighted by atomic mass is 10.0. The third kappa shape index (κ3) is 9.08. The van der Waals surface area contributed by atoms with Gasteiger partial charge in [0, 0.05) is 24.5 Å². The van der Waals surface area contributed by atoms with Crippen LogP contribution in [0.2, 0.25) is 5.02 Å². The number of sulfonamides is 1. The molecule has 0 saturated carbocycles. The second-order valence-corrected chi connectivity index (χ2v) is 12.8. The van der Waals surface area contributed by atoms with Gasteiger partial charge in [0.05, 0.1) is 17.2 Å². The van der Waals surface area contributed by atoms with Gasteiger partial charge in [0.1, 0.15) is 24.2 Å². The Labute approximate surface area is 274 Å². The summed E-state index contributed by atoms with van der Waals surface area (Å²) in [4.78, 5) is 29.4. The molecule has 0 spiro atoms. The molecule has 4 rings (SSSR count). The van der Waals surface area contributed by atoms with Crippen LogP contribution >= 0.6 is 11.6 Å². The molecule has 0 aliphatic heterocycles. The number of nitrogens with zero attached hydrogens (tertiary/aromatic N) is 2. The maximum absolute atomic E-state index is 14.4. The maximum atomic E-state index is 14.4. The van der Waals surface area contributed by atoms with Gasteiger partial charge in [0.25, 0.3) is 10.0 Å². The third-order valence-corrected chi connectivity index (χ3v) is 9.24. The molecular formula is C35H37ClFN3O5S. The normalized spacial score (nSPS) is 11.8. The minimum absolute atomic E-state index is 0.0612. The summed E-state index contributed by atoms with van der Waals surface area (Å²) in [6, 6.07) is 25.9. The highest BCUT2D eigenvalue weighted by atomic mass is 35.5. The molecule has 0 heterocycles. The van der Waals surface area contributed by atoms with Gasteiger partial charge in [0.2, 0.25) is 11.8 Å². The predicted octanol–water partition coefficient (Wildman–Crippen LogP) is 6.24. The first-order chi connectivity index (χ1) is 22.1. The van der Waals surface area contributed by atoms with Crippen molar-refractivity contribution in [1.82, 2.24) is 10.2 Å². The van der Waals surface area contributed by atoms with E-state index in [4.69, 9.17) is 16.3 Å². The van der Waals surface area contributed by atoms with Crippen LogP contribution in [0.3, 0.4) is 0 Å². The van der Waals surface area contributed by atoms with Crippen molar-refractivity contribution in [2.24, 2.45) is 0 Å². The Balaban J connectivity index is 1.79. The second kappa shape index (κ2) is 16.2. The number of rotatable bonds is 15. The summed E-state index contributed by atoms with van der Waals surface area (Å²) in [7, 11) is -4.29. The lowest BCUT2D eigenvalue weighted by Crippen LogP contribution is -2.53. The van der Waals surface area contributed by atoms with Gasteiger partial charge in [0.15, 0.2) is 0 Å². The molecule has 2 amide bonds. The zero-order chi connectivity index (χ0) is 33.1. The number of nitrogens with one attached hydrogen (secondary N) is 1. The number of anilines is 1. The lowest BCUT2D eigenvalue weighted by Gasteiger charge is -2.34. The monoisotopic (exact) mass is 665 g/mol. The van der Waals surface area contributed by atoms with Crippen LogP contribution in [0, 0.1) is 5.82 Å². The number of carbonyl (C=O) groups excluding carboxylic acids is 2. The predicted molar refractivity (Wildman–Crippen MR) is 178 cm³/mol. The molecule has 8 nitrogen and oxygen atoms in total. The summed E-state index contributed by atoms with van der Waals surface area (Å²) < 4.78 is 48.6. The van der Waals surface area contributed by atoms with Gasteiger partial charge in [-0.25, -0.2) is 12.8 Å². The zero-order valence-corrected chi connectivity index (χ0v) is 27.3. The van der Waals surface area contributed by atoms with E-state index in [2.05, 4.69) is 5.32 Å².